The lowest BCUT2D eigenvalue weighted by Gasteiger charge is -2.09. The van der Waals surface area contributed by atoms with Crippen molar-refractivity contribution in [2.24, 2.45) is 0 Å². The van der Waals surface area contributed by atoms with Crippen molar-refractivity contribution in [3.63, 3.8) is 0 Å². The zero-order valence-corrected chi connectivity index (χ0v) is 22.8. The first-order valence-corrected chi connectivity index (χ1v) is 14.2. The summed E-state index contributed by atoms with van der Waals surface area (Å²) in [6.45, 7) is 8.19. The average Bonchev–Trinajstić information content (AvgIpc) is 3.54. The molecule has 0 unspecified atom stereocenters. The summed E-state index contributed by atoms with van der Waals surface area (Å²) in [5.41, 5.74) is 11.9. The number of aryl methyl sites for hydroxylation is 2. The highest BCUT2D eigenvalue weighted by Crippen LogP contribution is 2.43. The highest BCUT2D eigenvalue weighted by Gasteiger charge is 2.20. The number of thiophene rings is 1. The van der Waals surface area contributed by atoms with Crippen LogP contribution < -0.4 is 0 Å². The Bertz CT molecular complexity index is 1630. The van der Waals surface area contributed by atoms with E-state index in [1.165, 1.54) is 69.6 Å². The molecule has 0 fully saturated rings. The van der Waals surface area contributed by atoms with Crippen molar-refractivity contribution >= 4 is 28.0 Å². The van der Waals surface area contributed by atoms with Crippen LogP contribution in [0.3, 0.4) is 0 Å². The molecule has 0 atom stereocenters. The van der Waals surface area contributed by atoms with Crippen molar-refractivity contribution in [3.05, 3.63) is 144 Å². The monoisotopic (exact) mass is 512 g/mol. The molecule has 0 spiro atoms. The smallest absolute Gasteiger partial charge is 0.0349 e. The van der Waals surface area contributed by atoms with Crippen LogP contribution in [-0.4, -0.2) is 0 Å². The zero-order valence-electron chi connectivity index (χ0n) is 21.1. The first-order valence-electron chi connectivity index (χ1n) is 12.6. The van der Waals surface area contributed by atoms with Gasteiger partial charge in [-0.1, -0.05) is 102 Å². The lowest BCUT2D eigenvalue weighted by atomic mass is 10.0. The minimum Gasteiger partial charge on any atom is -0.135 e. The molecule has 0 bridgehead atoms. The summed E-state index contributed by atoms with van der Waals surface area (Å²) in [5.74, 6) is 0. The second-order valence-electron chi connectivity index (χ2n) is 9.63. The molecule has 0 saturated heterocycles. The van der Waals surface area contributed by atoms with Gasteiger partial charge in [0.1, 0.15) is 0 Å². The topological polar surface area (TPSA) is 0 Å². The van der Waals surface area contributed by atoms with Gasteiger partial charge in [0.2, 0.25) is 0 Å². The Morgan fingerprint density at radius 2 is 1.30 bits per heavy atom. The highest BCUT2D eigenvalue weighted by molar-refractivity contribution is 8.08. The van der Waals surface area contributed by atoms with Crippen LogP contribution in [0.5, 0.6) is 0 Å². The van der Waals surface area contributed by atoms with Gasteiger partial charge in [0.05, 0.1) is 0 Å². The Morgan fingerprint density at radius 3 is 2.00 bits per heavy atom. The van der Waals surface area contributed by atoms with Crippen LogP contribution in [0.4, 0.5) is 0 Å². The standard InChI is InChI=1S/C35H28S2/c1-4-5-33(25-10-6-23(2)7-11-25)36-30-15-17-32-29(22-30)21-28-20-27(14-16-31(28)32)35-19-18-34(37-35)26-12-8-24(3)9-13-26/h4-20,22H,1,21H2,2-3H3/b33-5-. The highest BCUT2D eigenvalue weighted by atomic mass is 32.2. The Hall–Kier alpha value is -3.59. The summed E-state index contributed by atoms with van der Waals surface area (Å²) in [6.07, 6.45) is 4.96. The van der Waals surface area contributed by atoms with E-state index in [1.807, 2.05) is 29.2 Å². The molecule has 6 rings (SSSR count). The van der Waals surface area contributed by atoms with Gasteiger partial charge in [-0.3, -0.25) is 0 Å². The lowest BCUT2D eigenvalue weighted by molar-refractivity contribution is 1.24. The normalized spacial score (nSPS) is 12.3. The van der Waals surface area contributed by atoms with Gasteiger partial charge in [-0.15, -0.1) is 11.3 Å². The molecular weight excluding hydrogens is 485 g/mol. The molecule has 0 saturated carbocycles. The molecule has 37 heavy (non-hydrogen) atoms. The van der Waals surface area contributed by atoms with E-state index in [4.69, 9.17) is 0 Å². The van der Waals surface area contributed by atoms with E-state index in [9.17, 15) is 0 Å². The van der Waals surface area contributed by atoms with Crippen LogP contribution in [-0.2, 0) is 6.42 Å². The third-order valence-electron chi connectivity index (χ3n) is 6.91. The molecule has 180 valence electrons. The fourth-order valence-electron chi connectivity index (χ4n) is 4.91. The molecule has 0 N–H and O–H groups in total. The lowest BCUT2D eigenvalue weighted by Crippen LogP contribution is -1.84. The van der Waals surface area contributed by atoms with Crippen LogP contribution in [0.1, 0.15) is 27.8 Å². The Kier molecular flexibility index (Phi) is 6.46. The molecule has 0 amide bonds. The molecule has 0 aliphatic heterocycles. The maximum Gasteiger partial charge on any atom is 0.0349 e. The quantitative estimate of drug-likeness (QED) is 0.158. The van der Waals surface area contributed by atoms with Crippen molar-refractivity contribution in [2.45, 2.75) is 25.2 Å². The number of fused-ring (bicyclic) bond motifs is 3. The number of allylic oxidation sites excluding steroid dienone is 2. The third kappa shape index (κ3) is 4.87. The Balaban J connectivity index is 1.24. The van der Waals surface area contributed by atoms with Crippen molar-refractivity contribution in [3.8, 4) is 32.0 Å². The fraction of sp³-hybridized carbons (Fsp3) is 0.0857. The van der Waals surface area contributed by atoms with E-state index in [0.29, 0.717) is 0 Å². The van der Waals surface area contributed by atoms with E-state index in [1.54, 1.807) is 0 Å². The average molecular weight is 513 g/mol. The molecule has 5 aromatic rings. The van der Waals surface area contributed by atoms with E-state index in [-0.39, 0.29) is 0 Å². The van der Waals surface area contributed by atoms with E-state index >= 15 is 0 Å². The first-order chi connectivity index (χ1) is 18.1. The number of benzene rings is 4. The minimum atomic E-state index is 0.980. The summed E-state index contributed by atoms with van der Waals surface area (Å²) in [6, 6.07) is 35.9. The third-order valence-corrected chi connectivity index (χ3v) is 9.18. The van der Waals surface area contributed by atoms with E-state index in [2.05, 4.69) is 124 Å². The summed E-state index contributed by atoms with van der Waals surface area (Å²) in [5, 5.41) is 0. The maximum atomic E-state index is 3.94. The predicted molar refractivity (Wildman–Crippen MR) is 163 cm³/mol. The van der Waals surface area contributed by atoms with Gasteiger partial charge >= 0.3 is 0 Å². The Labute approximate surface area is 228 Å². The molecule has 0 nitrogen and oxygen atoms in total. The van der Waals surface area contributed by atoms with Gasteiger partial charge in [-0.05, 0) is 95.6 Å². The first kappa shape index (κ1) is 23.8. The van der Waals surface area contributed by atoms with Gasteiger partial charge in [0, 0.05) is 19.6 Å². The van der Waals surface area contributed by atoms with Crippen LogP contribution in [0, 0.1) is 13.8 Å². The summed E-state index contributed by atoms with van der Waals surface area (Å²) < 4.78 is 0. The van der Waals surface area contributed by atoms with Crippen LogP contribution in [0.2, 0.25) is 0 Å². The molecule has 1 aliphatic carbocycles. The van der Waals surface area contributed by atoms with Gasteiger partial charge in [-0.2, -0.15) is 0 Å². The number of hydrogen-bond acceptors (Lipinski definition) is 2. The van der Waals surface area contributed by atoms with Crippen molar-refractivity contribution in [2.75, 3.05) is 0 Å². The molecule has 4 aromatic carbocycles. The molecule has 0 radical (unpaired) electrons. The van der Waals surface area contributed by atoms with Crippen LogP contribution in [0.25, 0.3) is 36.9 Å². The number of hydrogen-bond donors (Lipinski definition) is 0. The molecule has 2 heteroatoms. The van der Waals surface area contributed by atoms with Gasteiger partial charge in [0.25, 0.3) is 0 Å². The fourth-order valence-corrected chi connectivity index (χ4v) is 6.93. The summed E-state index contributed by atoms with van der Waals surface area (Å²) in [4.78, 5) is 5.12. The van der Waals surface area contributed by atoms with Gasteiger partial charge in [-0.25, -0.2) is 0 Å². The number of rotatable bonds is 6. The van der Waals surface area contributed by atoms with Gasteiger partial charge in [0.15, 0.2) is 0 Å². The predicted octanol–water partition coefficient (Wildman–Crippen LogP) is 10.6. The minimum absolute atomic E-state index is 0.980. The summed E-state index contributed by atoms with van der Waals surface area (Å²) >= 11 is 3.68. The second kappa shape index (κ2) is 10.0. The van der Waals surface area contributed by atoms with Crippen LogP contribution >= 0.6 is 23.1 Å². The summed E-state index contributed by atoms with van der Waals surface area (Å²) in [7, 11) is 0. The van der Waals surface area contributed by atoms with Crippen molar-refractivity contribution < 1.29 is 0 Å². The maximum absolute atomic E-state index is 3.94. The van der Waals surface area contributed by atoms with Crippen molar-refractivity contribution in [1.29, 1.82) is 0 Å². The van der Waals surface area contributed by atoms with E-state index in [0.717, 1.165) is 6.42 Å². The molecule has 1 aromatic heterocycles. The zero-order chi connectivity index (χ0) is 25.4. The molecule has 1 heterocycles. The second-order valence-corrected chi connectivity index (χ2v) is 11.8. The molecular formula is C35H28S2. The Morgan fingerprint density at radius 1 is 0.703 bits per heavy atom. The van der Waals surface area contributed by atoms with Crippen LogP contribution in [0.15, 0.2) is 121 Å². The largest absolute Gasteiger partial charge is 0.135 e. The van der Waals surface area contributed by atoms with Crippen molar-refractivity contribution in [1.82, 2.24) is 0 Å². The van der Waals surface area contributed by atoms with Gasteiger partial charge < -0.3 is 0 Å². The molecule has 1 aliphatic rings. The van der Waals surface area contributed by atoms with E-state index < -0.39 is 0 Å². The number of thioether (sulfide) groups is 1. The SMILES string of the molecule is C=C/C=C(\Sc1ccc2c(c1)Cc1cc(-c3ccc(-c4ccc(C)cc4)s3)ccc1-2)c1ccc(C)cc1.